The second kappa shape index (κ2) is 4.66. The summed E-state index contributed by atoms with van der Waals surface area (Å²) in [6.45, 7) is 5.47. The smallest absolute Gasteiger partial charge is 0.00744 e. The third-order valence-corrected chi connectivity index (χ3v) is 2.91. The molecule has 0 heterocycles. The van der Waals surface area contributed by atoms with Crippen molar-refractivity contribution in [2.24, 2.45) is 23.5 Å². The van der Waals surface area contributed by atoms with Gasteiger partial charge in [-0.1, -0.05) is 26.0 Å². The van der Waals surface area contributed by atoms with E-state index in [2.05, 4.69) is 26.0 Å². The minimum absolute atomic E-state index is 0.776. The number of allylic oxidation sites excluding steroid dienone is 2. The van der Waals surface area contributed by atoms with E-state index >= 15 is 0 Å². The van der Waals surface area contributed by atoms with Gasteiger partial charge in [-0.2, -0.15) is 0 Å². The molecule has 0 aromatic heterocycles. The Bertz CT molecular complexity index is 149. The van der Waals surface area contributed by atoms with Crippen molar-refractivity contribution >= 4 is 0 Å². The van der Waals surface area contributed by atoms with Gasteiger partial charge in [0, 0.05) is 0 Å². The molecule has 0 bridgehead atoms. The van der Waals surface area contributed by atoms with E-state index in [1.165, 1.54) is 19.3 Å². The van der Waals surface area contributed by atoms with E-state index in [-0.39, 0.29) is 0 Å². The minimum atomic E-state index is 0.776. The van der Waals surface area contributed by atoms with E-state index in [0.29, 0.717) is 0 Å². The molecule has 2 N–H and O–H groups in total. The van der Waals surface area contributed by atoms with Gasteiger partial charge < -0.3 is 5.73 Å². The molecule has 2 unspecified atom stereocenters. The van der Waals surface area contributed by atoms with Crippen LogP contribution in [0.5, 0.6) is 0 Å². The maximum atomic E-state index is 5.60. The Balaban J connectivity index is 2.52. The lowest BCUT2D eigenvalue weighted by Crippen LogP contribution is -2.23. The maximum absolute atomic E-state index is 5.60. The molecule has 1 aliphatic carbocycles. The van der Waals surface area contributed by atoms with E-state index < -0.39 is 0 Å². The SMILES string of the molecule is CC(C)C1C=CCCC1CCN. The van der Waals surface area contributed by atoms with E-state index in [1.807, 2.05) is 0 Å². The van der Waals surface area contributed by atoms with Crippen molar-refractivity contribution in [3.63, 3.8) is 0 Å². The number of hydrogen-bond donors (Lipinski definition) is 1. The average molecular weight is 167 g/mol. The zero-order valence-corrected chi connectivity index (χ0v) is 8.29. The van der Waals surface area contributed by atoms with E-state index in [4.69, 9.17) is 5.73 Å². The van der Waals surface area contributed by atoms with E-state index in [0.717, 1.165) is 24.3 Å². The first-order valence-corrected chi connectivity index (χ1v) is 5.12. The van der Waals surface area contributed by atoms with Crippen LogP contribution in [-0.4, -0.2) is 6.54 Å². The van der Waals surface area contributed by atoms with Gasteiger partial charge in [0.15, 0.2) is 0 Å². The molecular formula is C11H21N. The summed E-state index contributed by atoms with van der Waals surface area (Å²) in [4.78, 5) is 0. The normalized spacial score (nSPS) is 29.7. The first-order valence-electron chi connectivity index (χ1n) is 5.12. The van der Waals surface area contributed by atoms with E-state index in [9.17, 15) is 0 Å². The molecule has 1 heteroatoms. The van der Waals surface area contributed by atoms with Crippen molar-refractivity contribution in [1.29, 1.82) is 0 Å². The molecule has 1 rings (SSSR count). The van der Waals surface area contributed by atoms with Crippen LogP contribution in [0, 0.1) is 17.8 Å². The monoisotopic (exact) mass is 167 g/mol. The minimum Gasteiger partial charge on any atom is -0.330 e. The molecule has 0 aliphatic heterocycles. The highest BCUT2D eigenvalue weighted by Gasteiger charge is 2.23. The van der Waals surface area contributed by atoms with Crippen molar-refractivity contribution in [1.82, 2.24) is 0 Å². The molecule has 0 fully saturated rings. The Labute approximate surface area is 76.0 Å². The second-order valence-electron chi connectivity index (χ2n) is 4.16. The Morgan fingerprint density at radius 2 is 2.25 bits per heavy atom. The highest BCUT2D eigenvalue weighted by molar-refractivity contribution is 4.98. The molecule has 0 amide bonds. The summed E-state index contributed by atoms with van der Waals surface area (Å²) in [5, 5.41) is 0. The number of hydrogen-bond acceptors (Lipinski definition) is 1. The first-order chi connectivity index (χ1) is 5.75. The summed E-state index contributed by atoms with van der Waals surface area (Å²) in [6, 6.07) is 0. The van der Waals surface area contributed by atoms with Crippen LogP contribution in [0.15, 0.2) is 12.2 Å². The number of rotatable bonds is 3. The second-order valence-corrected chi connectivity index (χ2v) is 4.16. The van der Waals surface area contributed by atoms with Gasteiger partial charge in [0.05, 0.1) is 0 Å². The molecule has 0 spiro atoms. The lowest BCUT2D eigenvalue weighted by atomic mass is 9.76. The summed E-state index contributed by atoms with van der Waals surface area (Å²) in [6.07, 6.45) is 8.53. The summed E-state index contributed by atoms with van der Waals surface area (Å²) in [5.41, 5.74) is 5.60. The first kappa shape index (κ1) is 9.79. The van der Waals surface area contributed by atoms with Crippen LogP contribution < -0.4 is 5.73 Å². The van der Waals surface area contributed by atoms with Gasteiger partial charge in [-0.3, -0.25) is 0 Å². The lowest BCUT2D eigenvalue weighted by Gasteiger charge is -2.30. The van der Waals surface area contributed by atoms with Crippen LogP contribution in [-0.2, 0) is 0 Å². The predicted octanol–water partition coefficient (Wildman–Crippen LogP) is 2.57. The Morgan fingerprint density at radius 1 is 1.50 bits per heavy atom. The van der Waals surface area contributed by atoms with Gasteiger partial charge in [0.1, 0.15) is 0 Å². The average Bonchev–Trinajstić information content (AvgIpc) is 2.05. The quantitative estimate of drug-likeness (QED) is 0.642. The Hall–Kier alpha value is -0.300. The van der Waals surface area contributed by atoms with Crippen LogP contribution in [0.2, 0.25) is 0 Å². The standard InChI is InChI=1S/C11H21N/c1-9(2)11-6-4-3-5-10(11)7-8-12/h4,6,9-11H,3,5,7-8,12H2,1-2H3. The van der Waals surface area contributed by atoms with Gasteiger partial charge in [-0.25, -0.2) is 0 Å². The van der Waals surface area contributed by atoms with Gasteiger partial charge in [0.25, 0.3) is 0 Å². The van der Waals surface area contributed by atoms with E-state index in [1.54, 1.807) is 0 Å². The largest absolute Gasteiger partial charge is 0.330 e. The molecule has 0 saturated heterocycles. The lowest BCUT2D eigenvalue weighted by molar-refractivity contribution is 0.272. The van der Waals surface area contributed by atoms with Crippen LogP contribution in [0.4, 0.5) is 0 Å². The Morgan fingerprint density at radius 3 is 2.83 bits per heavy atom. The zero-order chi connectivity index (χ0) is 8.97. The van der Waals surface area contributed by atoms with Crippen LogP contribution in [0.25, 0.3) is 0 Å². The van der Waals surface area contributed by atoms with Crippen LogP contribution in [0.3, 0.4) is 0 Å². The fraction of sp³-hybridized carbons (Fsp3) is 0.818. The van der Waals surface area contributed by atoms with Crippen molar-refractivity contribution in [3.05, 3.63) is 12.2 Å². The molecule has 0 aromatic rings. The highest BCUT2D eigenvalue weighted by atomic mass is 14.5. The predicted molar refractivity (Wildman–Crippen MR) is 53.9 cm³/mol. The highest BCUT2D eigenvalue weighted by Crippen LogP contribution is 2.32. The van der Waals surface area contributed by atoms with Crippen LogP contribution >= 0.6 is 0 Å². The topological polar surface area (TPSA) is 26.0 Å². The van der Waals surface area contributed by atoms with Gasteiger partial charge >= 0.3 is 0 Å². The van der Waals surface area contributed by atoms with Crippen molar-refractivity contribution < 1.29 is 0 Å². The third-order valence-electron chi connectivity index (χ3n) is 2.91. The molecule has 0 saturated carbocycles. The van der Waals surface area contributed by atoms with Crippen molar-refractivity contribution in [2.45, 2.75) is 33.1 Å². The summed E-state index contributed by atoms with van der Waals surface area (Å²) >= 11 is 0. The van der Waals surface area contributed by atoms with Crippen molar-refractivity contribution in [3.8, 4) is 0 Å². The molecular weight excluding hydrogens is 146 g/mol. The van der Waals surface area contributed by atoms with Gasteiger partial charge in [0.2, 0.25) is 0 Å². The zero-order valence-electron chi connectivity index (χ0n) is 8.29. The summed E-state index contributed by atoms with van der Waals surface area (Å²) in [5.74, 6) is 2.40. The maximum Gasteiger partial charge on any atom is -0.00744 e. The van der Waals surface area contributed by atoms with Gasteiger partial charge in [-0.15, -0.1) is 0 Å². The molecule has 12 heavy (non-hydrogen) atoms. The fourth-order valence-electron chi connectivity index (χ4n) is 2.23. The fourth-order valence-corrected chi connectivity index (χ4v) is 2.23. The molecule has 1 nitrogen and oxygen atoms in total. The molecule has 0 aromatic carbocycles. The third kappa shape index (κ3) is 2.34. The molecule has 2 atom stereocenters. The van der Waals surface area contributed by atoms with Crippen molar-refractivity contribution in [2.75, 3.05) is 6.54 Å². The summed E-state index contributed by atoms with van der Waals surface area (Å²) in [7, 11) is 0. The summed E-state index contributed by atoms with van der Waals surface area (Å²) < 4.78 is 0. The number of nitrogens with two attached hydrogens (primary N) is 1. The molecule has 1 aliphatic rings. The molecule has 70 valence electrons. The molecule has 0 radical (unpaired) electrons. The van der Waals surface area contributed by atoms with Crippen LogP contribution in [0.1, 0.15) is 33.1 Å². The van der Waals surface area contributed by atoms with Gasteiger partial charge in [-0.05, 0) is 43.6 Å². The Kier molecular flexibility index (Phi) is 3.80.